The summed E-state index contributed by atoms with van der Waals surface area (Å²) >= 11 is 0. The summed E-state index contributed by atoms with van der Waals surface area (Å²) in [6.07, 6.45) is 19.2. The van der Waals surface area contributed by atoms with Gasteiger partial charge in [0.05, 0.1) is 11.2 Å². The van der Waals surface area contributed by atoms with Gasteiger partial charge in [0.2, 0.25) is 0 Å². The van der Waals surface area contributed by atoms with Crippen LogP contribution in [0.15, 0.2) is 60.0 Å². The minimum atomic E-state index is -0.0373. The van der Waals surface area contributed by atoms with E-state index in [0.29, 0.717) is 11.8 Å². The molecule has 1 aromatic carbocycles. The van der Waals surface area contributed by atoms with Gasteiger partial charge >= 0.3 is 0 Å². The summed E-state index contributed by atoms with van der Waals surface area (Å²) in [6, 6.07) is 9.99. The second-order valence-corrected chi connectivity index (χ2v) is 12.1. The molecule has 3 heteroatoms. The molecular formula is C30H34N2O. The first-order valence-electron chi connectivity index (χ1n) is 13.3. The van der Waals surface area contributed by atoms with Gasteiger partial charge in [-0.15, -0.1) is 0 Å². The highest BCUT2D eigenvalue weighted by Gasteiger charge is 2.66. The number of benzene rings is 1. The average molecular weight is 439 g/mol. The maximum absolute atomic E-state index is 7.45. The van der Waals surface area contributed by atoms with Crippen molar-refractivity contribution in [3.8, 4) is 0 Å². The predicted molar refractivity (Wildman–Crippen MR) is 131 cm³/mol. The zero-order valence-electron chi connectivity index (χ0n) is 19.7. The molecule has 0 radical (unpaired) electrons. The summed E-state index contributed by atoms with van der Waals surface area (Å²) < 4.78 is 7.45. The molecule has 2 unspecified atom stereocenters. The largest absolute Gasteiger partial charge is 0.359 e. The Hall–Kier alpha value is -1.97. The monoisotopic (exact) mass is 438 g/mol. The Balaban J connectivity index is 1.18. The summed E-state index contributed by atoms with van der Waals surface area (Å²) in [4.78, 5) is 7.06. The molecule has 3 aliphatic carbocycles. The number of fused-ring (bicyclic) bond motifs is 2. The van der Waals surface area contributed by atoms with Crippen molar-refractivity contribution in [1.82, 2.24) is 9.88 Å². The highest BCUT2D eigenvalue weighted by atomic mass is 16.5. The molecule has 4 heterocycles. The number of hydrogen-bond donors (Lipinski definition) is 0. The van der Waals surface area contributed by atoms with Gasteiger partial charge in [0.15, 0.2) is 0 Å². The van der Waals surface area contributed by atoms with E-state index in [2.05, 4.69) is 53.2 Å². The van der Waals surface area contributed by atoms with E-state index in [4.69, 9.17) is 4.74 Å². The zero-order valence-corrected chi connectivity index (χ0v) is 19.7. The fourth-order valence-corrected chi connectivity index (χ4v) is 8.98. The van der Waals surface area contributed by atoms with Gasteiger partial charge in [0, 0.05) is 36.9 Å². The number of aromatic nitrogens is 1. The molecule has 2 spiro atoms. The molecule has 2 saturated carbocycles. The van der Waals surface area contributed by atoms with Crippen LogP contribution in [0.5, 0.6) is 0 Å². The van der Waals surface area contributed by atoms with E-state index in [1.807, 2.05) is 12.4 Å². The Labute approximate surface area is 196 Å². The van der Waals surface area contributed by atoms with Gasteiger partial charge in [-0.3, -0.25) is 9.88 Å². The summed E-state index contributed by atoms with van der Waals surface area (Å²) in [5, 5.41) is 2.57. The summed E-state index contributed by atoms with van der Waals surface area (Å²) in [5.74, 6) is 1.22. The normalized spacial score (nSPS) is 43.5. The number of nitrogens with zero attached hydrogens (tertiary/aromatic N) is 2. The molecule has 3 nitrogen and oxygen atoms in total. The highest BCUT2D eigenvalue weighted by Crippen LogP contribution is 2.69. The maximum atomic E-state index is 7.45. The van der Waals surface area contributed by atoms with Crippen LogP contribution in [0, 0.1) is 11.3 Å². The topological polar surface area (TPSA) is 25.1 Å². The molecule has 0 N–H and O–H groups in total. The number of pyridine rings is 1. The first kappa shape index (κ1) is 19.3. The van der Waals surface area contributed by atoms with Crippen molar-refractivity contribution >= 4 is 10.8 Å². The number of rotatable bonds is 2. The van der Waals surface area contributed by atoms with E-state index in [1.54, 1.807) is 11.1 Å². The van der Waals surface area contributed by atoms with Gasteiger partial charge in [-0.25, -0.2) is 0 Å². The Bertz CT molecular complexity index is 1230. The van der Waals surface area contributed by atoms with Crippen molar-refractivity contribution in [3.05, 3.63) is 65.5 Å². The van der Waals surface area contributed by atoms with E-state index in [-0.39, 0.29) is 16.6 Å². The molecule has 4 fully saturated rings. The molecule has 3 aliphatic heterocycles. The molecule has 2 bridgehead atoms. The molecule has 0 amide bonds. The third kappa shape index (κ3) is 2.51. The third-order valence-corrected chi connectivity index (χ3v) is 10.7. The predicted octanol–water partition coefficient (Wildman–Crippen LogP) is 6.16. The minimum Gasteiger partial charge on any atom is -0.359 e. The van der Waals surface area contributed by atoms with E-state index < -0.39 is 0 Å². The molecule has 2 saturated heterocycles. The SMILES string of the molecule is CC12CC=C3C=C4CCC(N5CC5)C[C@]45CC[C@]3(O5)[C@@H]1CC[C@@H]2c1ccc2ccncc2c1. The zero-order chi connectivity index (χ0) is 21.8. The lowest BCUT2D eigenvalue weighted by Crippen LogP contribution is -2.54. The maximum Gasteiger partial charge on any atom is 0.0974 e. The molecule has 33 heavy (non-hydrogen) atoms. The Kier molecular flexibility index (Phi) is 3.73. The van der Waals surface area contributed by atoms with Gasteiger partial charge in [-0.1, -0.05) is 31.2 Å². The molecule has 6 aliphatic rings. The first-order valence-corrected chi connectivity index (χ1v) is 13.3. The van der Waals surface area contributed by atoms with Crippen molar-refractivity contribution in [1.29, 1.82) is 0 Å². The fourth-order valence-electron chi connectivity index (χ4n) is 8.98. The Morgan fingerprint density at radius 1 is 1.06 bits per heavy atom. The van der Waals surface area contributed by atoms with Crippen LogP contribution in [0.4, 0.5) is 0 Å². The second kappa shape index (κ2) is 6.37. The lowest BCUT2D eigenvalue weighted by Gasteiger charge is -2.54. The lowest BCUT2D eigenvalue weighted by molar-refractivity contribution is -0.138. The van der Waals surface area contributed by atoms with Gasteiger partial charge in [0.1, 0.15) is 0 Å². The summed E-state index contributed by atoms with van der Waals surface area (Å²) in [5.41, 5.74) is 4.94. The van der Waals surface area contributed by atoms with Crippen LogP contribution in [0.25, 0.3) is 10.8 Å². The Morgan fingerprint density at radius 2 is 2.00 bits per heavy atom. The third-order valence-electron chi connectivity index (χ3n) is 10.7. The fraction of sp³-hybridized carbons (Fsp3) is 0.567. The molecule has 8 rings (SSSR count). The molecular weight excluding hydrogens is 404 g/mol. The van der Waals surface area contributed by atoms with E-state index in [9.17, 15) is 0 Å². The van der Waals surface area contributed by atoms with Crippen LogP contribution < -0.4 is 0 Å². The van der Waals surface area contributed by atoms with Crippen LogP contribution in [0.3, 0.4) is 0 Å². The van der Waals surface area contributed by atoms with Crippen molar-refractivity contribution in [3.63, 3.8) is 0 Å². The summed E-state index contributed by atoms with van der Waals surface area (Å²) in [7, 11) is 0. The molecule has 6 atom stereocenters. The van der Waals surface area contributed by atoms with Gasteiger partial charge in [-0.05, 0) is 103 Å². The van der Waals surface area contributed by atoms with E-state index >= 15 is 0 Å². The van der Waals surface area contributed by atoms with Gasteiger partial charge in [-0.2, -0.15) is 0 Å². The quantitative estimate of drug-likeness (QED) is 0.525. The van der Waals surface area contributed by atoms with Crippen LogP contribution in [-0.4, -0.2) is 40.2 Å². The van der Waals surface area contributed by atoms with Crippen molar-refractivity contribution in [2.45, 2.75) is 81.5 Å². The molecule has 1 aromatic heterocycles. The number of allylic oxidation sites excluding steroid dienone is 1. The van der Waals surface area contributed by atoms with Crippen LogP contribution >= 0.6 is 0 Å². The van der Waals surface area contributed by atoms with Crippen LogP contribution in [0.2, 0.25) is 0 Å². The number of hydrogen-bond acceptors (Lipinski definition) is 3. The van der Waals surface area contributed by atoms with E-state index in [0.717, 1.165) is 6.04 Å². The number of ether oxygens (including phenoxy) is 1. The summed E-state index contributed by atoms with van der Waals surface area (Å²) in [6.45, 7) is 5.19. The van der Waals surface area contributed by atoms with Crippen molar-refractivity contribution < 1.29 is 4.74 Å². The van der Waals surface area contributed by atoms with Gasteiger partial charge < -0.3 is 4.74 Å². The van der Waals surface area contributed by atoms with Crippen LogP contribution in [-0.2, 0) is 4.74 Å². The standard InChI is InChI=1S/C30H34N2O/c1-28-10-8-24-17-23-4-5-25(32-14-15-32)18-29(23)11-12-30(24,33-29)27(28)7-6-26(28)21-3-2-20-9-13-31-19-22(20)16-21/h2-3,8-9,13,16-17,19,25-27H,4-7,10-12,14-15,18H2,1H3/t25?,26-,27-,28?,29-,30-/m1/s1. The van der Waals surface area contributed by atoms with E-state index in [1.165, 1.54) is 80.8 Å². The van der Waals surface area contributed by atoms with Crippen molar-refractivity contribution in [2.75, 3.05) is 13.1 Å². The minimum absolute atomic E-state index is 0.0355. The van der Waals surface area contributed by atoms with Gasteiger partial charge in [0.25, 0.3) is 0 Å². The Morgan fingerprint density at radius 3 is 2.91 bits per heavy atom. The first-order chi connectivity index (χ1) is 16.1. The smallest absolute Gasteiger partial charge is 0.0974 e. The van der Waals surface area contributed by atoms with Crippen LogP contribution in [0.1, 0.15) is 69.8 Å². The van der Waals surface area contributed by atoms with Crippen molar-refractivity contribution in [2.24, 2.45) is 11.3 Å². The average Bonchev–Trinajstić information content (AvgIpc) is 3.56. The molecule has 2 aromatic rings. The molecule has 170 valence electrons. The lowest BCUT2D eigenvalue weighted by atomic mass is 9.58. The second-order valence-electron chi connectivity index (χ2n) is 12.1. The highest BCUT2D eigenvalue weighted by molar-refractivity contribution is 5.82.